The summed E-state index contributed by atoms with van der Waals surface area (Å²) in [6, 6.07) is 5.40. The summed E-state index contributed by atoms with van der Waals surface area (Å²) in [5.41, 5.74) is 2.46. The molecule has 0 aromatic heterocycles. The number of hydrogen-bond acceptors (Lipinski definition) is 3. The average molecular weight is 316 g/mol. The summed E-state index contributed by atoms with van der Waals surface area (Å²) in [5, 5.41) is 9.04. The number of rotatable bonds is 3. The standard InChI is InChI=1S/C17H20N2O4/c1-2-15(20)19-8-6-11-9-12(3-4-14(11)19)16(21)18-7-5-13(10-18)17(22)23/h3-4,9,13H,2,5-8,10H2,1H3,(H,22,23)/t13-/m1/s1. The van der Waals surface area contributed by atoms with Crippen molar-refractivity contribution in [1.82, 2.24) is 4.90 Å². The van der Waals surface area contributed by atoms with Crippen molar-refractivity contribution in [2.75, 3.05) is 24.5 Å². The molecule has 6 nitrogen and oxygen atoms in total. The first-order valence-electron chi connectivity index (χ1n) is 7.96. The van der Waals surface area contributed by atoms with Crippen molar-refractivity contribution in [3.8, 4) is 0 Å². The predicted molar refractivity (Wildman–Crippen MR) is 84.4 cm³/mol. The quantitative estimate of drug-likeness (QED) is 0.917. The van der Waals surface area contributed by atoms with Crippen molar-refractivity contribution in [3.05, 3.63) is 29.3 Å². The van der Waals surface area contributed by atoms with E-state index in [0.29, 0.717) is 31.5 Å². The van der Waals surface area contributed by atoms with E-state index in [1.54, 1.807) is 15.9 Å². The van der Waals surface area contributed by atoms with Crippen LogP contribution in [0.4, 0.5) is 5.69 Å². The number of hydrogen-bond donors (Lipinski definition) is 1. The fourth-order valence-electron chi connectivity index (χ4n) is 3.31. The van der Waals surface area contributed by atoms with Gasteiger partial charge in [0.05, 0.1) is 5.92 Å². The molecule has 1 atom stereocenters. The Morgan fingerprint density at radius 2 is 2.04 bits per heavy atom. The topological polar surface area (TPSA) is 77.9 Å². The highest BCUT2D eigenvalue weighted by molar-refractivity contribution is 5.98. The molecule has 2 aliphatic rings. The summed E-state index contributed by atoms with van der Waals surface area (Å²) in [5.74, 6) is -1.35. The molecule has 1 aromatic rings. The van der Waals surface area contributed by atoms with Crippen LogP contribution in [0.5, 0.6) is 0 Å². The van der Waals surface area contributed by atoms with Crippen LogP contribution in [0.3, 0.4) is 0 Å². The minimum Gasteiger partial charge on any atom is -0.481 e. The molecule has 2 aliphatic heterocycles. The zero-order chi connectivity index (χ0) is 16.6. The smallest absolute Gasteiger partial charge is 0.308 e. The van der Waals surface area contributed by atoms with Crippen LogP contribution < -0.4 is 4.90 Å². The summed E-state index contributed by atoms with van der Waals surface area (Å²) in [6.45, 7) is 3.24. The zero-order valence-electron chi connectivity index (χ0n) is 13.1. The van der Waals surface area contributed by atoms with Gasteiger partial charge in [0.15, 0.2) is 0 Å². The number of likely N-dealkylation sites (tertiary alicyclic amines) is 1. The monoisotopic (exact) mass is 316 g/mol. The molecule has 2 heterocycles. The molecular formula is C17H20N2O4. The third-order valence-corrected chi connectivity index (χ3v) is 4.65. The Balaban J connectivity index is 1.77. The third kappa shape index (κ3) is 2.81. The number of nitrogens with zero attached hydrogens (tertiary/aromatic N) is 2. The van der Waals surface area contributed by atoms with Gasteiger partial charge in [-0.05, 0) is 36.6 Å². The Morgan fingerprint density at radius 1 is 1.26 bits per heavy atom. The molecule has 3 rings (SSSR count). The second-order valence-electron chi connectivity index (χ2n) is 6.07. The second kappa shape index (κ2) is 6.02. The Hall–Kier alpha value is -2.37. The number of aliphatic carboxylic acids is 1. The number of carboxylic acids is 1. The third-order valence-electron chi connectivity index (χ3n) is 4.65. The minimum absolute atomic E-state index is 0.0895. The summed E-state index contributed by atoms with van der Waals surface area (Å²) >= 11 is 0. The number of benzene rings is 1. The molecule has 1 saturated heterocycles. The first kappa shape index (κ1) is 15.5. The normalized spacial score (nSPS) is 19.8. The van der Waals surface area contributed by atoms with Gasteiger partial charge in [-0.3, -0.25) is 14.4 Å². The zero-order valence-corrected chi connectivity index (χ0v) is 13.1. The largest absolute Gasteiger partial charge is 0.481 e. The van der Waals surface area contributed by atoms with Crippen molar-refractivity contribution >= 4 is 23.5 Å². The summed E-state index contributed by atoms with van der Waals surface area (Å²) in [4.78, 5) is 38.8. The molecule has 122 valence electrons. The lowest BCUT2D eigenvalue weighted by Gasteiger charge is -2.18. The van der Waals surface area contributed by atoms with E-state index < -0.39 is 11.9 Å². The highest BCUT2D eigenvalue weighted by atomic mass is 16.4. The van der Waals surface area contributed by atoms with Crippen LogP contribution >= 0.6 is 0 Å². The van der Waals surface area contributed by atoms with E-state index in [1.807, 2.05) is 19.1 Å². The van der Waals surface area contributed by atoms with Gasteiger partial charge in [0.25, 0.3) is 5.91 Å². The van der Waals surface area contributed by atoms with Gasteiger partial charge in [-0.15, -0.1) is 0 Å². The van der Waals surface area contributed by atoms with Crippen molar-refractivity contribution < 1.29 is 19.5 Å². The number of fused-ring (bicyclic) bond motifs is 1. The summed E-state index contributed by atoms with van der Waals surface area (Å²) < 4.78 is 0. The van der Waals surface area contributed by atoms with Gasteiger partial charge in [0.1, 0.15) is 0 Å². The van der Waals surface area contributed by atoms with Crippen LogP contribution in [-0.4, -0.2) is 47.4 Å². The number of anilines is 1. The maximum Gasteiger partial charge on any atom is 0.308 e. The van der Waals surface area contributed by atoms with Gasteiger partial charge in [0, 0.05) is 37.3 Å². The number of amides is 2. The average Bonchev–Trinajstić information content (AvgIpc) is 3.19. The van der Waals surface area contributed by atoms with E-state index in [2.05, 4.69) is 0 Å². The molecule has 6 heteroatoms. The van der Waals surface area contributed by atoms with Crippen molar-refractivity contribution in [2.24, 2.45) is 5.92 Å². The van der Waals surface area contributed by atoms with Gasteiger partial charge < -0.3 is 14.9 Å². The Bertz CT molecular complexity index is 671. The lowest BCUT2D eigenvalue weighted by molar-refractivity contribution is -0.141. The molecule has 1 fully saturated rings. The first-order chi connectivity index (χ1) is 11.0. The second-order valence-corrected chi connectivity index (χ2v) is 6.07. The molecule has 0 radical (unpaired) electrons. The maximum absolute atomic E-state index is 12.5. The van der Waals surface area contributed by atoms with Crippen molar-refractivity contribution in [1.29, 1.82) is 0 Å². The first-order valence-corrected chi connectivity index (χ1v) is 7.96. The molecule has 0 unspecified atom stereocenters. The summed E-state index contributed by atoms with van der Waals surface area (Å²) in [7, 11) is 0. The maximum atomic E-state index is 12.5. The van der Waals surface area contributed by atoms with Crippen LogP contribution in [0.25, 0.3) is 0 Å². The number of carbonyl (C=O) groups is 3. The SMILES string of the molecule is CCC(=O)N1CCc2cc(C(=O)N3CC[C@@H](C(=O)O)C3)ccc21. The Kier molecular flexibility index (Phi) is 4.07. The Labute approximate surface area is 134 Å². The number of carbonyl (C=O) groups excluding carboxylic acids is 2. The van der Waals surface area contributed by atoms with Gasteiger partial charge >= 0.3 is 5.97 Å². The molecule has 2 amide bonds. The van der Waals surface area contributed by atoms with Crippen molar-refractivity contribution in [2.45, 2.75) is 26.2 Å². The van der Waals surface area contributed by atoms with E-state index in [4.69, 9.17) is 5.11 Å². The molecule has 1 aromatic carbocycles. The van der Waals surface area contributed by atoms with Crippen LogP contribution in [0, 0.1) is 5.92 Å². The van der Waals surface area contributed by atoms with Gasteiger partial charge in [-0.25, -0.2) is 0 Å². The molecule has 0 saturated carbocycles. The molecular weight excluding hydrogens is 296 g/mol. The summed E-state index contributed by atoms with van der Waals surface area (Å²) in [6.07, 6.45) is 1.72. The molecule has 23 heavy (non-hydrogen) atoms. The molecule has 0 spiro atoms. The van der Waals surface area contributed by atoms with E-state index in [0.717, 1.165) is 17.7 Å². The number of carboxylic acid groups (broad SMARTS) is 1. The minimum atomic E-state index is -0.844. The molecule has 0 bridgehead atoms. The van der Waals surface area contributed by atoms with E-state index >= 15 is 0 Å². The van der Waals surface area contributed by atoms with Crippen LogP contribution in [0.1, 0.15) is 35.7 Å². The fraction of sp³-hybridized carbons (Fsp3) is 0.471. The van der Waals surface area contributed by atoms with Gasteiger partial charge in [0.2, 0.25) is 5.91 Å². The van der Waals surface area contributed by atoms with Gasteiger partial charge in [-0.2, -0.15) is 0 Å². The van der Waals surface area contributed by atoms with Crippen LogP contribution in [0.15, 0.2) is 18.2 Å². The van der Waals surface area contributed by atoms with Crippen LogP contribution in [-0.2, 0) is 16.0 Å². The lowest BCUT2D eigenvalue weighted by Crippen LogP contribution is -2.30. The Morgan fingerprint density at radius 3 is 2.70 bits per heavy atom. The van der Waals surface area contributed by atoms with Gasteiger partial charge in [-0.1, -0.05) is 6.92 Å². The van der Waals surface area contributed by atoms with E-state index in [1.165, 1.54) is 0 Å². The lowest BCUT2D eigenvalue weighted by atomic mass is 10.1. The highest BCUT2D eigenvalue weighted by Gasteiger charge is 2.32. The van der Waals surface area contributed by atoms with Crippen LogP contribution in [0.2, 0.25) is 0 Å². The molecule has 0 aliphatic carbocycles. The van der Waals surface area contributed by atoms with E-state index in [-0.39, 0.29) is 18.4 Å². The highest BCUT2D eigenvalue weighted by Crippen LogP contribution is 2.30. The fourth-order valence-corrected chi connectivity index (χ4v) is 3.31. The van der Waals surface area contributed by atoms with Crippen molar-refractivity contribution in [3.63, 3.8) is 0 Å². The van der Waals surface area contributed by atoms with E-state index in [9.17, 15) is 14.4 Å². The predicted octanol–water partition coefficient (Wildman–Crippen LogP) is 1.53. The molecule has 1 N–H and O–H groups in total.